The molecule has 0 amide bonds. The van der Waals surface area contributed by atoms with Gasteiger partial charge in [0.15, 0.2) is 21.4 Å². The molecule has 1 aromatic heterocycles. The molecule has 78 valence electrons. The van der Waals surface area contributed by atoms with Crippen molar-refractivity contribution in [1.29, 1.82) is 0 Å². The topological polar surface area (TPSA) is 25.8 Å². The monoisotopic (exact) mass is 354 g/mol. The van der Waals surface area contributed by atoms with Crippen LogP contribution in [0, 0.1) is 11.6 Å². The molecule has 0 aliphatic heterocycles. The second-order valence-corrected chi connectivity index (χ2v) is 5.41. The number of hydrogen-bond acceptors (Lipinski definition) is 3. The van der Waals surface area contributed by atoms with E-state index in [1.54, 1.807) is 0 Å². The SMILES string of the molecule is Fc1ccc(-c2nsc(Br)n2)c(Br)c1F. The first kappa shape index (κ1) is 11.1. The van der Waals surface area contributed by atoms with Gasteiger partial charge >= 0.3 is 0 Å². The molecule has 0 aliphatic rings. The zero-order valence-corrected chi connectivity index (χ0v) is 11.0. The van der Waals surface area contributed by atoms with Gasteiger partial charge in [-0.25, -0.2) is 13.8 Å². The van der Waals surface area contributed by atoms with Gasteiger partial charge < -0.3 is 0 Å². The highest BCUT2D eigenvalue weighted by Gasteiger charge is 2.15. The molecule has 2 rings (SSSR count). The minimum atomic E-state index is -0.932. The second-order valence-electron chi connectivity index (χ2n) is 2.59. The Morgan fingerprint density at radius 3 is 2.53 bits per heavy atom. The lowest BCUT2D eigenvalue weighted by atomic mass is 10.2. The van der Waals surface area contributed by atoms with E-state index in [4.69, 9.17) is 0 Å². The summed E-state index contributed by atoms with van der Waals surface area (Å²) in [7, 11) is 0. The van der Waals surface area contributed by atoms with Crippen LogP contribution >= 0.6 is 43.4 Å². The molecule has 0 saturated heterocycles. The van der Waals surface area contributed by atoms with Crippen LogP contribution in [0.15, 0.2) is 20.5 Å². The van der Waals surface area contributed by atoms with Gasteiger partial charge in [-0.15, -0.1) is 0 Å². The third-order valence-electron chi connectivity index (χ3n) is 1.68. The van der Waals surface area contributed by atoms with E-state index in [9.17, 15) is 8.78 Å². The van der Waals surface area contributed by atoms with Gasteiger partial charge in [-0.3, -0.25) is 0 Å². The van der Waals surface area contributed by atoms with Gasteiger partial charge in [0.2, 0.25) is 0 Å². The standard InChI is InChI=1S/C8H2Br2F2N2S/c9-5-3(1-2-4(11)6(5)12)7-13-8(10)15-14-7/h1-2H. The summed E-state index contributed by atoms with van der Waals surface area (Å²) >= 11 is 7.26. The first-order chi connectivity index (χ1) is 7.09. The predicted molar refractivity (Wildman–Crippen MR) is 60.7 cm³/mol. The Morgan fingerprint density at radius 1 is 1.20 bits per heavy atom. The van der Waals surface area contributed by atoms with Crippen LogP contribution in [0.25, 0.3) is 11.4 Å². The molecule has 1 heterocycles. The maximum Gasteiger partial charge on any atom is 0.179 e. The van der Waals surface area contributed by atoms with Gasteiger partial charge in [0, 0.05) is 5.56 Å². The van der Waals surface area contributed by atoms with Crippen LogP contribution in [-0.2, 0) is 0 Å². The minimum absolute atomic E-state index is 0.0350. The molecule has 7 heteroatoms. The normalized spacial score (nSPS) is 10.7. The molecule has 0 atom stereocenters. The third-order valence-corrected chi connectivity index (χ3v) is 3.57. The summed E-state index contributed by atoms with van der Waals surface area (Å²) in [5, 5.41) is 0. The van der Waals surface area contributed by atoms with Crippen LogP contribution in [-0.4, -0.2) is 9.36 Å². The molecule has 0 spiro atoms. The first-order valence-corrected chi connectivity index (χ1v) is 6.08. The van der Waals surface area contributed by atoms with Gasteiger partial charge in [-0.05, 0) is 55.5 Å². The Labute approximate surface area is 105 Å². The second kappa shape index (κ2) is 4.23. The number of hydrogen-bond donors (Lipinski definition) is 0. The maximum atomic E-state index is 13.2. The zero-order valence-electron chi connectivity index (χ0n) is 6.97. The lowest BCUT2D eigenvalue weighted by Gasteiger charge is -2.01. The average Bonchev–Trinajstić information content (AvgIpc) is 2.61. The van der Waals surface area contributed by atoms with E-state index in [1.807, 2.05) is 0 Å². The van der Waals surface area contributed by atoms with Gasteiger partial charge in [0.25, 0.3) is 0 Å². The van der Waals surface area contributed by atoms with E-state index >= 15 is 0 Å². The van der Waals surface area contributed by atoms with Crippen molar-refractivity contribution in [2.24, 2.45) is 0 Å². The zero-order chi connectivity index (χ0) is 11.0. The van der Waals surface area contributed by atoms with Gasteiger partial charge in [-0.2, -0.15) is 4.37 Å². The molecule has 0 radical (unpaired) electrons. The van der Waals surface area contributed by atoms with E-state index < -0.39 is 11.6 Å². The number of benzene rings is 1. The Hall–Kier alpha value is -0.400. The highest BCUT2D eigenvalue weighted by Crippen LogP contribution is 2.31. The van der Waals surface area contributed by atoms with E-state index in [2.05, 4.69) is 41.2 Å². The van der Waals surface area contributed by atoms with Crippen LogP contribution in [0.5, 0.6) is 0 Å². The molecule has 0 fully saturated rings. The molecule has 0 bridgehead atoms. The van der Waals surface area contributed by atoms with E-state index in [0.717, 1.165) is 17.6 Å². The molecule has 2 nitrogen and oxygen atoms in total. The van der Waals surface area contributed by atoms with E-state index in [-0.39, 0.29) is 4.47 Å². The molecule has 15 heavy (non-hydrogen) atoms. The summed E-state index contributed by atoms with van der Waals surface area (Å²) in [6.07, 6.45) is 0. The van der Waals surface area contributed by atoms with Crippen LogP contribution in [0.4, 0.5) is 8.78 Å². The third kappa shape index (κ3) is 2.09. The first-order valence-electron chi connectivity index (χ1n) is 3.72. The summed E-state index contributed by atoms with van der Waals surface area (Å²) in [6.45, 7) is 0. The molecular formula is C8H2Br2F2N2S. The summed E-state index contributed by atoms with van der Waals surface area (Å²) in [6, 6.07) is 2.47. The van der Waals surface area contributed by atoms with Crippen molar-refractivity contribution in [1.82, 2.24) is 9.36 Å². The fraction of sp³-hybridized carbons (Fsp3) is 0. The highest BCUT2D eigenvalue weighted by atomic mass is 79.9. The molecule has 2 aromatic rings. The minimum Gasteiger partial charge on any atom is -0.208 e. The lowest BCUT2D eigenvalue weighted by Crippen LogP contribution is -1.90. The van der Waals surface area contributed by atoms with Crippen molar-refractivity contribution in [3.63, 3.8) is 0 Å². The molecule has 1 aromatic carbocycles. The molecule has 0 aliphatic carbocycles. The van der Waals surface area contributed by atoms with Crippen LogP contribution in [0.2, 0.25) is 0 Å². The van der Waals surface area contributed by atoms with E-state index in [1.165, 1.54) is 6.07 Å². The number of rotatable bonds is 1. The van der Waals surface area contributed by atoms with Gasteiger partial charge in [0.05, 0.1) is 4.47 Å². The van der Waals surface area contributed by atoms with Crippen molar-refractivity contribution in [2.75, 3.05) is 0 Å². The van der Waals surface area contributed by atoms with Gasteiger partial charge in [0.1, 0.15) is 0 Å². The largest absolute Gasteiger partial charge is 0.208 e. The Kier molecular flexibility index (Phi) is 3.13. The Bertz CT molecular complexity index is 515. The van der Waals surface area contributed by atoms with Crippen LogP contribution in [0.1, 0.15) is 0 Å². The highest BCUT2D eigenvalue weighted by molar-refractivity contribution is 9.11. The maximum absolute atomic E-state index is 13.2. The van der Waals surface area contributed by atoms with Gasteiger partial charge in [-0.1, -0.05) is 0 Å². The van der Waals surface area contributed by atoms with Crippen LogP contribution in [0.3, 0.4) is 0 Å². The van der Waals surface area contributed by atoms with Crippen molar-refractivity contribution < 1.29 is 8.78 Å². The number of aromatic nitrogens is 2. The average molecular weight is 356 g/mol. The quantitative estimate of drug-likeness (QED) is 0.722. The molecular weight excluding hydrogens is 354 g/mol. The summed E-state index contributed by atoms with van der Waals surface area (Å²) in [5.41, 5.74) is 0.427. The van der Waals surface area contributed by atoms with Crippen molar-refractivity contribution in [3.8, 4) is 11.4 Å². The fourth-order valence-corrected chi connectivity index (χ4v) is 2.33. The Morgan fingerprint density at radius 2 is 1.93 bits per heavy atom. The molecule has 0 unspecified atom stereocenters. The summed E-state index contributed by atoms with van der Waals surface area (Å²) < 4.78 is 30.6. The van der Waals surface area contributed by atoms with Crippen molar-refractivity contribution >= 4 is 43.4 Å². The molecule has 0 saturated carbocycles. The van der Waals surface area contributed by atoms with Crippen LogP contribution < -0.4 is 0 Å². The fourth-order valence-electron chi connectivity index (χ4n) is 1.01. The van der Waals surface area contributed by atoms with E-state index in [0.29, 0.717) is 15.3 Å². The predicted octanol–water partition coefficient (Wildman–Crippen LogP) is 4.01. The van der Waals surface area contributed by atoms with Crippen molar-refractivity contribution in [2.45, 2.75) is 0 Å². The smallest absolute Gasteiger partial charge is 0.179 e. The summed E-state index contributed by atoms with van der Waals surface area (Å²) in [4.78, 5) is 4.02. The molecule has 0 N–H and O–H groups in total. The summed E-state index contributed by atoms with van der Waals surface area (Å²) in [5.74, 6) is -1.48. The number of nitrogens with zero attached hydrogens (tertiary/aromatic N) is 2. The number of halogens is 4. The Balaban J connectivity index is 2.59. The van der Waals surface area contributed by atoms with Crippen molar-refractivity contribution in [3.05, 3.63) is 32.2 Å². The lowest BCUT2D eigenvalue weighted by molar-refractivity contribution is 0.504.